The Kier molecular flexibility index (Phi) is 2.68. The highest BCUT2D eigenvalue weighted by molar-refractivity contribution is 7.99. The van der Waals surface area contributed by atoms with Crippen LogP contribution in [0.5, 0.6) is 0 Å². The molecular formula is C11H12N2OS. The Morgan fingerprint density at radius 3 is 2.80 bits per heavy atom. The van der Waals surface area contributed by atoms with Crippen molar-refractivity contribution in [3.63, 3.8) is 0 Å². The Balaban J connectivity index is 2.64. The van der Waals surface area contributed by atoms with Crippen molar-refractivity contribution >= 4 is 28.5 Å². The second-order valence-electron chi connectivity index (χ2n) is 3.31. The van der Waals surface area contributed by atoms with E-state index < -0.39 is 0 Å². The summed E-state index contributed by atoms with van der Waals surface area (Å²) in [7, 11) is 1.78. The summed E-state index contributed by atoms with van der Waals surface area (Å²) >= 11 is 1.55. The minimum Gasteiger partial charge on any atom is -0.330 e. The summed E-state index contributed by atoms with van der Waals surface area (Å²) in [6.07, 6.45) is 1.98. The lowest BCUT2D eigenvalue weighted by Gasteiger charge is -2.07. The average molecular weight is 220 g/mol. The van der Waals surface area contributed by atoms with E-state index >= 15 is 0 Å². The smallest absolute Gasteiger partial charge is 0.250 e. The first-order valence-electron chi connectivity index (χ1n) is 4.61. The van der Waals surface area contributed by atoms with Gasteiger partial charge in [0, 0.05) is 30.4 Å². The summed E-state index contributed by atoms with van der Waals surface area (Å²) < 4.78 is 4.81. The molecule has 0 saturated heterocycles. The number of aryl methyl sites for hydroxylation is 1. The van der Waals surface area contributed by atoms with Crippen molar-refractivity contribution in [3.8, 4) is 0 Å². The Morgan fingerprint density at radius 1 is 1.27 bits per heavy atom. The molecule has 78 valence electrons. The van der Waals surface area contributed by atoms with Crippen molar-refractivity contribution in [2.75, 3.05) is 11.0 Å². The van der Waals surface area contributed by atoms with E-state index in [0.717, 1.165) is 16.6 Å². The van der Waals surface area contributed by atoms with E-state index in [1.54, 1.807) is 29.6 Å². The van der Waals surface area contributed by atoms with Gasteiger partial charge in [0.15, 0.2) is 0 Å². The number of hydrogen-bond acceptors (Lipinski definition) is 3. The molecule has 4 heteroatoms. The van der Waals surface area contributed by atoms with Crippen LogP contribution in [-0.4, -0.2) is 10.8 Å². The SMILES string of the molecule is CSNc1ccc2c(ccc(=O)n2C)c1. The molecule has 0 saturated carbocycles. The predicted molar refractivity (Wildman–Crippen MR) is 66.3 cm³/mol. The number of benzene rings is 1. The fourth-order valence-corrected chi connectivity index (χ4v) is 1.93. The van der Waals surface area contributed by atoms with Crippen LogP contribution in [0.25, 0.3) is 10.9 Å². The quantitative estimate of drug-likeness (QED) is 0.788. The molecular weight excluding hydrogens is 208 g/mol. The lowest BCUT2D eigenvalue weighted by atomic mass is 10.2. The number of nitrogens with one attached hydrogen (secondary N) is 1. The first-order chi connectivity index (χ1) is 7.22. The van der Waals surface area contributed by atoms with E-state index in [1.807, 2.05) is 30.5 Å². The van der Waals surface area contributed by atoms with E-state index in [9.17, 15) is 4.79 Å². The molecule has 0 aliphatic rings. The van der Waals surface area contributed by atoms with Gasteiger partial charge in [0.1, 0.15) is 0 Å². The normalized spacial score (nSPS) is 10.5. The first-order valence-corrected chi connectivity index (χ1v) is 5.83. The van der Waals surface area contributed by atoms with Gasteiger partial charge >= 0.3 is 0 Å². The molecule has 1 N–H and O–H groups in total. The Labute approximate surface area is 92.2 Å². The van der Waals surface area contributed by atoms with Crippen LogP contribution >= 0.6 is 11.9 Å². The van der Waals surface area contributed by atoms with E-state index in [1.165, 1.54) is 0 Å². The van der Waals surface area contributed by atoms with Gasteiger partial charge < -0.3 is 9.29 Å². The van der Waals surface area contributed by atoms with Crippen molar-refractivity contribution in [1.82, 2.24) is 4.57 Å². The molecule has 2 rings (SSSR count). The minimum absolute atomic E-state index is 0.0214. The molecule has 15 heavy (non-hydrogen) atoms. The minimum atomic E-state index is 0.0214. The number of pyridine rings is 1. The summed E-state index contributed by atoms with van der Waals surface area (Å²) in [6.45, 7) is 0. The zero-order valence-corrected chi connectivity index (χ0v) is 9.47. The molecule has 0 aliphatic heterocycles. The largest absolute Gasteiger partial charge is 0.330 e. The van der Waals surface area contributed by atoms with Gasteiger partial charge in [0.2, 0.25) is 0 Å². The van der Waals surface area contributed by atoms with Crippen molar-refractivity contribution in [2.24, 2.45) is 7.05 Å². The van der Waals surface area contributed by atoms with Gasteiger partial charge in [-0.1, -0.05) is 11.9 Å². The molecule has 0 atom stereocenters. The molecule has 1 aromatic heterocycles. The zero-order valence-electron chi connectivity index (χ0n) is 8.65. The molecule has 3 nitrogen and oxygen atoms in total. The molecule has 0 unspecified atom stereocenters. The summed E-state index contributed by atoms with van der Waals surface area (Å²) in [5.41, 5.74) is 2.02. The monoisotopic (exact) mass is 220 g/mol. The van der Waals surface area contributed by atoms with Crippen LogP contribution in [0.15, 0.2) is 35.1 Å². The van der Waals surface area contributed by atoms with Gasteiger partial charge in [-0.3, -0.25) is 4.79 Å². The number of aromatic nitrogens is 1. The maximum Gasteiger partial charge on any atom is 0.250 e. The maximum absolute atomic E-state index is 11.4. The van der Waals surface area contributed by atoms with Gasteiger partial charge in [-0.05, 0) is 24.3 Å². The lowest BCUT2D eigenvalue weighted by Crippen LogP contribution is -2.14. The van der Waals surface area contributed by atoms with Gasteiger partial charge in [0.25, 0.3) is 5.56 Å². The molecule has 1 heterocycles. The second-order valence-corrected chi connectivity index (χ2v) is 3.92. The Hall–Kier alpha value is -1.42. The summed E-state index contributed by atoms with van der Waals surface area (Å²) in [4.78, 5) is 11.4. The third-order valence-electron chi connectivity index (χ3n) is 2.34. The van der Waals surface area contributed by atoms with Crippen molar-refractivity contribution < 1.29 is 0 Å². The fourth-order valence-electron chi connectivity index (χ4n) is 1.57. The molecule has 0 amide bonds. The number of nitrogens with zero attached hydrogens (tertiary/aromatic N) is 1. The third kappa shape index (κ3) is 1.85. The van der Waals surface area contributed by atoms with E-state index in [2.05, 4.69) is 4.72 Å². The number of anilines is 1. The summed E-state index contributed by atoms with van der Waals surface area (Å²) in [5, 5.41) is 1.07. The van der Waals surface area contributed by atoms with Gasteiger partial charge in [0.05, 0.1) is 5.52 Å². The first kappa shape index (κ1) is 10.1. The van der Waals surface area contributed by atoms with Crippen molar-refractivity contribution in [1.29, 1.82) is 0 Å². The standard InChI is InChI=1S/C11H12N2OS/c1-13-10-5-4-9(12-15-2)7-8(10)3-6-11(13)14/h3-7,12H,1-2H3. The highest BCUT2D eigenvalue weighted by Gasteiger charge is 1.99. The van der Waals surface area contributed by atoms with Crippen LogP contribution in [0.4, 0.5) is 5.69 Å². The molecule has 0 aliphatic carbocycles. The van der Waals surface area contributed by atoms with Crippen LogP contribution in [0, 0.1) is 0 Å². The fraction of sp³-hybridized carbons (Fsp3) is 0.182. The second kappa shape index (κ2) is 3.98. The molecule has 2 aromatic rings. The van der Waals surface area contributed by atoms with Crippen LogP contribution in [0.1, 0.15) is 0 Å². The van der Waals surface area contributed by atoms with E-state index in [-0.39, 0.29) is 5.56 Å². The van der Waals surface area contributed by atoms with Crippen LogP contribution in [0.3, 0.4) is 0 Å². The number of hydrogen-bond donors (Lipinski definition) is 1. The molecule has 1 aromatic carbocycles. The van der Waals surface area contributed by atoms with Crippen LogP contribution in [-0.2, 0) is 7.05 Å². The molecule has 0 radical (unpaired) electrons. The Morgan fingerprint density at radius 2 is 2.07 bits per heavy atom. The van der Waals surface area contributed by atoms with E-state index in [0.29, 0.717) is 0 Å². The van der Waals surface area contributed by atoms with Crippen molar-refractivity contribution in [3.05, 3.63) is 40.7 Å². The molecule has 0 bridgehead atoms. The highest BCUT2D eigenvalue weighted by Crippen LogP contribution is 2.18. The van der Waals surface area contributed by atoms with Gasteiger partial charge in [-0.15, -0.1) is 0 Å². The van der Waals surface area contributed by atoms with Crippen LogP contribution in [0.2, 0.25) is 0 Å². The third-order valence-corrected chi connectivity index (χ3v) is 2.78. The zero-order chi connectivity index (χ0) is 10.8. The highest BCUT2D eigenvalue weighted by atomic mass is 32.2. The summed E-state index contributed by atoms with van der Waals surface area (Å²) in [6, 6.07) is 9.40. The molecule has 0 fully saturated rings. The number of rotatable bonds is 2. The topological polar surface area (TPSA) is 34.0 Å². The maximum atomic E-state index is 11.4. The Bertz CT molecular complexity index is 548. The number of fused-ring (bicyclic) bond motifs is 1. The van der Waals surface area contributed by atoms with Gasteiger partial charge in [-0.25, -0.2) is 0 Å². The van der Waals surface area contributed by atoms with Crippen molar-refractivity contribution in [2.45, 2.75) is 0 Å². The predicted octanol–water partition coefficient (Wildman–Crippen LogP) is 2.23. The summed E-state index contributed by atoms with van der Waals surface area (Å²) in [5.74, 6) is 0. The van der Waals surface area contributed by atoms with Gasteiger partial charge in [-0.2, -0.15) is 0 Å². The lowest BCUT2D eigenvalue weighted by molar-refractivity contribution is 0.906. The average Bonchev–Trinajstić information content (AvgIpc) is 2.24. The molecule has 0 spiro atoms. The van der Waals surface area contributed by atoms with Crippen LogP contribution < -0.4 is 10.3 Å². The van der Waals surface area contributed by atoms with E-state index in [4.69, 9.17) is 0 Å².